The molecule has 0 saturated carbocycles. The van der Waals surface area contributed by atoms with Crippen LogP contribution in [0.4, 0.5) is 11.4 Å². The van der Waals surface area contributed by atoms with Crippen LogP contribution < -0.4 is 4.80 Å². The second-order valence-corrected chi connectivity index (χ2v) is 8.56. The van der Waals surface area contributed by atoms with Crippen molar-refractivity contribution in [2.75, 3.05) is 7.11 Å². The topological polar surface area (TPSA) is 147 Å². The van der Waals surface area contributed by atoms with E-state index in [1.54, 1.807) is 6.07 Å². The molecule has 0 bridgehead atoms. The van der Waals surface area contributed by atoms with Crippen molar-refractivity contribution in [1.82, 2.24) is 4.57 Å². The van der Waals surface area contributed by atoms with E-state index in [4.69, 9.17) is 4.74 Å². The lowest BCUT2D eigenvalue weighted by atomic mass is 10.2. The second kappa shape index (κ2) is 8.28. The van der Waals surface area contributed by atoms with Crippen LogP contribution in [0.5, 0.6) is 0 Å². The van der Waals surface area contributed by atoms with E-state index in [-0.39, 0.29) is 27.6 Å². The molecule has 162 valence electrons. The Morgan fingerprint density at radius 2 is 1.69 bits per heavy atom. The Bertz CT molecular complexity index is 1500. The van der Waals surface area contributed by atoms with Gasteiger partial charge in [0.25, 0.3) is 17.3 Å². The summed E-state index contributed by atoms with van der Waals surface area (Å²) in [6.45, 7) is -0.237. The fourth-order valence-corrected chi connectivity index (χ4v) is 4.99. The van der Waals surface area contributed by atoms with Crippen LogP contribution in [-0.4, -0.2) is 33.4 Å². The molecule has 13 heteroatoms. The molecule has 4 aromatic rings. The highest BCUT2D eigenvalue weighted by Crippen LogP contribution is 2.29. The SMILES string of the molecule is COC(=O)Cn1c(=NC(=O)c2cc3cc([N+](=O)[O-])ccc3s2)sc2cc([N+](=O)[O-])ccc21. The zero-order chi connectivity index (χ0) is 23.0. The minimum atomic E-state index is -0.603. The summed E-state index contributed by atoms with van der Waals surface area (Å²) >= 11 is 2.15. The Kier molecular flexibility index (Phi) is 5.50. The summed E-state index contributed by atoms with van der Waals surface area (Å²) < 4.78 is 7.31. The zero-order valence-corrected chi connectivity index (χ0v) is 17.8. The van der Waals surface area contributed by atoms with Gasteiger partial charge in [-0.3, -0.25) is 29.8 Å². The molecule has 2 aromatic heterocycles. The number of rotatable bonds is 5. The van der Waals surface area contributed by atoms with Gasteiger partial charge in [-0.15, -0.1) is 11.3 Å². The first-order valence-corrected chi connectivity index (χ1v) is 10.5. The Morgan fingerprint density at radius 3 is 2.38 bits per heavy atom. The molecule has 0 aliphatic rings. The first kappa shape index (κ1) is 21.3. The molecule has 11 nitrogen and oxygen atoms in total. The van der Waals surface area contributed by atoms with Crippen molar-refractivity contribution in [3.63, 3.8) is 0 Å². The van der Waals surface area contributed by atoms with Crippen LogP contribution in [0, 0.1) is 20.2 Å². The van der Waals surface area contributed by atoms with E-state index in [1.165, 1.54) is 48.1 Å². The number of thiazole rings is 1. The van der Waals surface area contributed by atoms with Crippen LogP contribution >= 0.6 is 22.7 Å². The maximum Gasteiger partial charge on any atom is 0.325 e. The van der Waals surface area contributed by atoms with Gasteiger partial charge < -0.3 is 9.30 Å². The number of nitro benzene ring substituents is 2. The number of amides is 1. The van der Waals surface area contributed by atoms with Gasteiger partial charge in [0.15, 0.2) is 4.80 Å². The third kappa shape index (κ3) is 3.98. The van der Waals surface area contributed by atoms with Gasteiger partial charge in [0.05, 0.1) is 32.1 Å². The summed E-state index contributed by atoms with van der Waals surface area (Å²) in [5, 5.41) is 22.6. The number of fused-ring (bicyclic) bond motifs is 2. The molecular weight excluding hydrogens is 460 g/mol. The van der Waals surface area contributed by atoms with Crippen molar-refractivity contribution < 1.29 is 24.2 Å². The molecule has 0 saturated heterocycles. The van der Waals surface area contributed by atoms with Gasteiger partial charge in [0.2, 0.25) is 0 Å². The molecule has 0 spiro atoms. The lowest BCUT2D eigenvalue weighted by Gasteiger charge is -2.03. The average Bonchev–Trinajstić information content (AvgIpc) is 3.34. The molecule has 0 radical (unpaired) electrons. The minimum absolute atomic E-state index is 0.0896. The molecule has 0 unspecified atom stereocenters. The smallest absolute Gasteiger partial charge is 0.325 e. The highest BCUT2D eigenvalue weighted by Gasteiger charge is 2.17. The number of nitro groups is 2. The molecule has 2 aromatic carbocycles. The summed E-state index contributed by atoms with van der Waals surface area (Å²) in [4.78, 5) is 50.3. The fourth-order valence-electron chi connectivity index (χ4n) is 3.00. The molecule has 0 atom stereocenters. The third-order valence-corrected chi connectivity index (χ3v) is 6.66. The van der Waals surface area contributed by atoms with Gasteiger partial charge >= 0.3 is 5.97 Å². The molecular formula is C19H12N4O7S2. The van der Waals surface area contributed by atoms with Crippen LogP contribution in [-0.2, 0) is 16.1 Å². The van der Waals surface area contributed by atoms with Crippen molar-refractivity contribution >= 4 is 66.2 Å². The summed E-state index contributed by atoms with van der Waals surface area (Å²) in [6, 6.07) is 9.93. The third-order valence-electron chi connectivity index (χ3n) is 4.51. The van der Waals surface area contributed by atoms with Crippen LogP contribution in [0.3, 0.4) is 0 Å². The standard InChI is InChI=1S/C19H12N4O7S2/c1-30-17(24)9-21-13-4-2-12(23(28)29)8-15(13)32-19(21)20-18(25)16-7-10-6-11(22(26)27)3-5-14(10)31-16/h2-8H,9H2,1H3. The number of carbonyl (C=O) groups is 2. The Morgan fingerprint density at radius 1 is 1.00 bits per heavy atom. The lowest BCUT2D eigenvalue weighted by molar-refractivity contribution is -0.384. The van der Waals surface area contributed by atoms with Gasteiger partial charge in [-0.05, 0) is 18.2 Å². The predicted molar refractivity (Wildman–Crippen MR) is 117 cm³/mol. The Labute approximate surface area is 186 Å². The monoisotopic (exact) mass is 472 g/mol. The number of thiophene rings is 1. The number of esters is 1. The number of aromatic nitrogens is 1. The Balaban J connectivity index is 1.82. The second-order valence-electron chi connectivity index (χ2n) is 6.46. The summed E-state index contributed by atoms with van der Waals surface area (Å²) in [5.41, 5.74) is 0.269. The number of carbonyl (C=O) groups excluding carboxylic acids is 2. The van der Waals surface area contributed by atoms with Crippen molar-refractivity contribution in [3.8, 4) is 0 Å². The summed E-state index contributed by atoms with van der Waals surface area (Å²) in [6.07, 6.45) is 0. The quantitative estimate of drug-likeness (QED) is 0.245. The summed E-state index contributed by atoms with van der Waals surface area (Å²) in [5.74, 6) is -1.18. The number of benzene rings is 2. The van der Waals surface area contributed by atoms with Crippen LogP contribution in [0.25, 0.3) is 20.3 Å². The van der Waals surface area contributed by atoms with Crippen molar-refractivity contribution in [2.45, 2.75) is 6.54 Å². The largest absolute Gasteiger partial charge is 0.468 e. The van der Waals surface area contributed by atoms with Gasteiger partial charge in [0.1, 0.15) is 6.54 Å². The van der Waals surface area contributed by atoms with Gasteiger partial charge in [-0.25, -0.2) is 0 Å². The van der Waals surface area contributed by atoms with E-state index in [0.717, 1.165) is 22.7 Å². The first-order valence-electron chi connectivity index (χ1n) is 8.88. The van der Waals surface area contributed by atoms with Crippen LogP contribution in [0.2, 0.25) is 0 Å². The number of methoxy groups -OCH3 is 1. The fraction of sp³-hybridized carbons (Fsp3) is 0.105. The van der Waals surface area contributed by atoms with E-state index >= 15 is 0 Å². The zero-order valence-electron chi connectivity index (χ0n) is 16.2. The molecule has 0 fully saturated rings. The summed E-state index contributed by atoms with van der Waals surface area (Å²) in [7, 11) is 1.22. The maximum absolute atomic E-state index is 12.8. The normalized spacial score (nSPS) is 11.7. The number of non-ortho nitro benzene ring substituents is 2. The van der Waals surface area contributed by atoms with E-state index in [2.05, 4.69) is 4.99 Å². The van der Waals surface area contributed by atoms with Crippen molar-refractivity contribution in [3.05, 3.63) is 72.4 Å². The molecule has 0 N–H and O–H groups in total. The van der Waals surface area contributed by atoms with Gasteiger partial charge in [-0.1, -0.05) is 11.3 Å². The molecule has 2 heterocycles. The lowest BCUT2D eigenvalue weighted by Crippen LogP contribution is -2.22. The van der Waals surface area contributed by atoms with Crippen molar-refractivity contribution in [1.29, 1.82) is 0 Å². The molecule has 32 heavy (non-hydrogen) atoms. The van der Waals surface area contributed by atoms with Crippen molar-refractivity contribution in [2.24, 2.45) is 4.99 Å². The van der Waals surface area contributed by atoms with E-state index in [0.29, 0.717) is 20.3 Å². The maximum atomic E-state index is 12.8. The van der Waals surface area contributed by atoms with Crippen LogP contribution in [0.1, 0.15) is 9.67 Å². The number of ether oxygens (including phenoxy) is 1. The molecule has 4 rings (SSSR count). The highest BCUT2D eigenvalue weighted by molar-refractivity contribution is 7.21. The highest BCUT2D eigenvalue weighted by atomic mass is 32.1. The number of hydrogen-bond donors (Lipinski definition) is 0. The molecule has 0 aliphatic heterocycles. The van der Waals surface area contributed by atoms with E-state index in [9.17, 15) is 29.8 Å². The number of hydrogen-bond acceptors (Lipinski definition) is 9. The molecule has 0 aliphatic carbocycles. The predicted octanol–water partition coefficient (Wildman–Crippen LogP) is 3.65. The first-order chi connectivity index (χ1) is 15.3. The van der Waals surface area contributed by atoms with Gasteiger partial charge in [-0.2, -0.15) is 4.99 Å². The van der Waals surface area contributed by atoms with E-state index < -0.39 is 21.7 Å². The van der Waals surface area contributed by atoms with E-state index in [1.807, 2.05) is 0 Å². The van der Waals surface area contributed by atoms with Gasteiger partial charge in [0, 0.05) is 34.4 Å². The molecule has 1 amide bonds. The average molecular weight is 472 g/mol. The Hall–Kier alpha value is -3.97. The minimum Gasteiger partial charge on any atom is -0.468 e. The number of nitrogens with zero attached hydrogens (tertiary/aromatic N) is 4. The van der Waals surface area contributed by atoms with Crippen LogP contribution in [0.15, 0.2) is 47.5 Å².